The van der Waals surface area contributed by atoms with E-state index in [0.717, 1.165) is 12.1 Å². The number of ether oxygens (including phenoxy) is 1. The van der Waals surface area contributed by atoms with Crippen LogP contribution in [0, 0.1) is 10.1 Å². The molecule has 0 spiro atoms. The van der Waals surface area contributed by atoms with Gasteiger partial charge in [-0.25, -0.2) is 4.79 Å². The number of halogens is 2. The van der Waals surface area contributed by atoms with E-state index < -0.39 is 28.8 Å². The molecule has 1 heterocycles. The molecule has 2 aromatic rings. The molecule has 0 aliphatic rings. The molecule has 1 aromatic heterocycles. The predicted molar refractivity (Wildman–Crippen MR) is 95.0 cm³/mol. The van der Waals surface area contributed by atoms with Gasteiger partial charge < -0.3 is 14.5 Å². The van der Waals surface area contributed by atoms with Crippen molar-refractivity contribution in [2.24, 2.45) is 0 Å². The summed E-state index contributed by atoms with van der Waals surface area (Å²) < 4.78 is 9.79. The molecular weight excluding hydrogens is 387 g/mol. The SMILES string of the molecule is C[C@H](OC(=O)/C=C/c1ccc([N+](=O)[O-])o1)C(=O)Nc1cc(Cl)cc(Cl)c1. The molecule has 0 saturated carbocycles. The maximum Gasteiger partial charge on any atom is 0.433 e. The monoisotopic (exact) mass is 398 g/mol. The quantitative estimate of drug-likeness (QED) is 0.339. The Morgan fingerprint density at radius 2 is 1.92 bits per heavy atom. The number of anilines is 1. The lowest BCUT2D eigenvalue weighted by Crippen LogP contribution is -2.29. The minimum atomic E-state index is -1.10. The highest BCUT2D eigenvalue weighted by Crippen LogP contribution is 2.22. The number of amides is 1. The van der Waals surface area contributed by atoms with Gasteiger partial charge in [0.1, 0.15) is 10.7 Å². The Morgan fingerprint density at radius 3 is 2.50 bits per heavy atom. The predicted octanol–water partition coefficient (Wildman–Crippen LogP) is 4.08. The molecule has 1 atom stereocenters. The zero-order chi connectivity index (χ0) is 19.3. The minimum Gasteiger partial charge on any atom is -0.449 e. The Hall–Kier alpha value is -2.84. The van der Waals surface area contributed by atoms with Crippen LogP contribution < -0.4 is 5.32 Å². The highest BCUT2D eigenvalue weighted by Gasteiger charge is 2.17. The third-order valence-electron chi connectivity index (χ3n) is 2.97. The topological polar surface area (TPSA) is 112 Å². The van der Waals surface area contributed by atoms with Gasteiger partial charge in [0.05, 0.1) is 6.07 Å². The second-order valence-corrected chi connectivity index (χ2v) is 5.87. The van der Waals surface area contributed by atoms with Gasteiger partial charge in [-0.15, -0.1) is 0 Å². The van der Waals surface area contributed by atoms with E-state index in [9.17, 15) is 19.7 Å². The average Bonchev–Trinajstić information content (AvgIpc) is 3.01. The standard InChI is InChI=1S/C16H12Cl2N2O6/c1-9(16(22)19-12-7-10(17)6-11(18)8-12)25-15(21)5-3-13-2-4-14(26-13)20(23)24/h2-9H,1H3,(H,19,22)/b5-3+/t9-/m0/s1. The van der Waals surface area contributed by atoms with Gasteiger partial charge in [-0.3, -0.25) is 14.9 Å². The molecule has 1 aromatic carbocycles. The van der Waals surface area contributed by atoms with Gasteiger partial charge in [-0.1, -0.05) is 23.2 Å². The molecule has 1 N–H and O–H groups in total. The lowest BCUT2D eigenvalue weighted by Gasteiger charge is -2.12. The molecule has 1 amide bonds. The van der Waals surface area contributed by atoms with Gasteiger partial charge in [0.2, 0.25) is 0 Å². The Balaban J connectivity index is 1.91. The Kier molecular flexibility index (Phi) is 6.37. The van der Waals surface area contributed by atoms with Gasteiger partial charge in [0, 0.05) is 21.8 Å². The average molecular weight is 399 g/mol. The molecule has 0 aliphatic carbocycles. The molecule has 0 saturated heterocycles. The maximum absolute atomic E-state index is 12.0. The second kappa shape index (κ2) is 8.50. The summed E-state index contributed by atoms with van der Waals surface area (Å²) in [6.45, 7) is 1.38. The largest absolute Gasteiger partial charge is 0.449 e. The number of nitrogens with zero attached hydrogens (tertiary/aromatic N) is 1. The lowest BCUT2D eigenvalue weighted by molar-refractivity contribution is -0.402. The minimum absolute atomic E-state index is 0.0966. The number of hydrogen-bond acceptors (Lipinski definition) is 6. The fraction of sp³-hybridized carbons (Fsp3) is 0.125. The first-order chi connectivity index (χ1) is 12.2. The first-order valence-corrected chi connectivity index (χ1v) is 7.90. The summed E-state index contributed by atoms with van der Waals surface area (Å²) in [4.78, 5) is 33.6. The van der Waals surface area contributed by atoms with Crippen molar-refractivity contribution in [1.82, 2.24) is 0 Å². The van der Waals surface area contributed by atoms with Crippen LogP contribution in [0.1, 0.15) is 12.7 Å². The number of rotatable bonds is 6. The Labute approximate surface area is 157 Å². The number of hydrogen-bond donors (Lipinski definition) is 1. The van der Waals surface area contributed by atoms with Crippen molar-refractivity contribution in [1.29, 1.82) is 0 Å². The molecule has 0 radical (unpaired) electrons. The van der Waals surface area contributed by atoms with Crippen molar-refractivity contribution in [3.63, 3.8) is 0 Å². The molecule has 26 heavy (non-hydrogen) atoms. The van der Waals surface area contributed by atoms with Crippen LogP contribution in [0.15, 0.2) is 40.8 Å². The molecular formula is C16H12Cl2N2O6. The van der Waals surface area contributed by atoms with Gasteiger partial charge in [-0.05, 0) is 37.3 Å². The van der Waals surface area contributed by atoms with Crippen LogP contribution in [0.3, 0.4) is 0 Å². The zero-order valence-corrected chi connectivity index (χ0v) is 14.8. The molecule has 136 valence electrons. The number of esters is 1. The molecule has 0 unspecified atom stereocenters. The Bertz CT molecular complexity index is 857. The van der Waals surface area contributed by atoms with Crippen LogP contribution >= 0.6 is 23.2 Å². The summed E-state index contributed by atoms with van der Waals surface area (Å²) in [6, 6.07) is 6.96. The van der Waals surface area contributed by atoms with E-state index in [0.29, 0.717) is 15.7 Å². The van der Waals surface area contributed by atoms with E-state index in [1.165, 1.54) is 37.3 Å². The number of nitro groups is 1. The van der Waals surface area contributed by atoms with Gasteiger partial charge in [0.15, 0.2) is 6.10 Å². The molecule has 2 rings (SSSR count). The van der Waals surface area contributed by atoms with Crippen molar-refractivity contribution in [2.45, 2.75) is 13.0 Å². The summed E-state index contributed by atoms with van der Waals surface area (Å²) in [7, 11) is 0. The first kappa shape index (κ1) is 19.5. The normalized spacial score (nSPS) is 12.0. The number of furan rings is 1. The highest BCUT2D eigenvalue weighted by atomic mass is 35.5. The third kappa shape index (κ3) is 5.61. The van der Waals surface area contributed by atoms with E-state index in [-0.39, 0.29) is 5.76 Å². The van der Waals surface area contributed by atoms with Gasteiger partial charge >= 0.3 is 11.9 Å². The first-order valence-electron chi connectivity index (χ1n) is 7.14. The van der Waals surface area contributed by atoms with Crippen molar-refractivity contribution >= 4 is 52.7 Å². The van der Waals surface area contributed by atoms with Crippen molar-refractivity contribution < 1.29 is 23.7 Å². The van der Waals surface area contributed by atoms with E-state index in [4.69, 9.17) is 32.4 Å². The smallest absolute Gasteiger partial charge is 0.433 e. The summed E-state index contributed by atoms with van der Waals surface area (Å²) in [5, 5.41) is 13.7. The van der Waals surface area contributed by atoms with Crippen LogP contribution in [0.4, 0.5) is 11.6 Å². The number of nitrogens with one attached hydrogen (secondary N) is 1. The van der Waals surface area contributed by atoms with Crippen LogP contribution in [0.5, 0.6) is 0 Å². The van der Waals surface area contributed by atoms with E-state index >= 15 is 0 Å². The number of benzene rings is 1. The summed E-state index contributed by atoms with van der Waals surface area (Å²) in [5.74, 6) is -1.76. The van der Waals surface area contributed by atoms with Crippen molar-refractivity contribution in [2.75, 3.05) is 5.32 Å². The fourth-order valence-corrected chi connectivity index (χ4v) is 2.34. The summed E-state index contributed by atoms with van der Waals surface area (Å²) in [6.07, 6.45) is 1.08. The molecule has 0 aliphatic heterocycles. The van der Waals surface area contributed by atoms with Crippen LogP contribution in [0.25, 0.3) is 6.08 Å². The van der Waals surface area contributed by atoms with E-state index in [2.05, 4.69) is 5.32 Å². The second-order valence-electron chi connectivity index (χ2n) is 4.99. The van der Waals surface area contributed by atoms with Crippen LogP contribution in [0.2, 0.25) is 10.0 Å². The van der Waals surface area contributed by atoms with Crippen LogP contribution in [-0.4, -0.2) is 22.9 Å². The lowest BCUT2D eigenvalue weighted by atomic mass is 10.3. The molecule has 10 heteroatoms. The summed E-state index contributed by atoms with van der Waals surface area (Å²) in [5.41, 5.74) is 0.355. The van der Waals surface area contributed by atoms with Crippen molar-refractivity contribution in [3.8, 4) is 0 Å². The number of carbonyl (C=O) groups excluding carboxylic acids is 2. The van der Waals surface area contributed by atoms with Crippen LogP contribution in [-0.2, 0) is 14.3 Å². The number of carbonyl (C=O) groups is 2. The van der Waals surface area contributed by atoms with E-state index in [1.54, 1.807) is 0 Å². The van der Waals surface area contributed by atoms with E-state index in [1.807, 2.05) is 0 Å². The molecule has 0 bridgehead atoms. The maximum atomic E-state index is 12.0. The molecule has 0 fully saturated rings. The Morgan fingerprint density at radius 1 is 1.27 bits per heavy atom. The highest BCUT2D eigenvalue weighted by molar-refractivity contribution is 6.35. The van der Waals surface area contributed by atoms with Gasteiger partial charge in [-0.2, -0.15) is 0 Å². The van der Waals surface area contributed by atoms with Gasteiger partial charge in [0.25, 0.3) is 5.91 Å². The zero-order valence-electron chi connectivity index (χ0n) is 13.3. The third-order valence-corrected chi connectivity index (χ3v) is 3.40. The van der Waals surface area contributed by atoms with Crippen molar-refractivity contribution in [3.05, 3.63) is 62.3 Å². The fourth-order valence-electron chi connectivity index (χ4n) is 1.82. The molecule has 8 nitrogen and oxygen atoms in total. The summed E-state index contributed by atoms with van der Waals surface area (Å²) >= 11 is 11.7.